The summed E-state index contributed by atoms with van der Waals surface area (Å²) in [4.78, 5) is 12.2. The molecule has 2 fully saturated rings. The van der Waals surface area contributed by atoms with E-state index in [-0.39, 0.29) is 11.3 Å². The van der Waals surface area contributed by atoms with Crippen molar-refractivity contribution in [1.29, 1.82) is 5.26 Å². The predicted octanol–water partition coefficient (Wildman–Crippen LogP) is 0.929. The second-order valence-electron chi connectivity index (χ2n) is 6.07. The Balaban J connectivity index is 1.72. The smallest absolute Gasteiger partial charge is 0.282 e. The van der Waals surface area contributed by atoms with Gasteiger partial charge in [0.25, 0.3) is 15.9 Å². The standard InChI is InChI=1S/C15H19N5O4S/c16-12-13-11-14(20(21)22)3-4-15(13)17-7-9-19(10-8-17)25(23,24)18-5-1-2-6-18/h3-4,11H,1-2,5-10H2. The number of nitriles is 1. The van der Waals surface area contributed by atoms with Crippen molar-refractivity contribution in [2.45, 2.75) is 12.8 Å². The Morgan fingerprint density at radius 2 is 1.64 bits per heavy atom. The number of hydrogen-bond acceptors (Lipinski definition) is 6. The van der Waals surface area contributed by atoms with E-state index in [0.717, 1.165) is 12.8 Å². The number of hydrogen-bond donors (Lipinski definition) is 0. The first-order valence-electron chi connectivity index (χ1n) is 8.12. The molecule has 0 atom stereocenters. The highest BCUT2D eigenvalue weighted by Crippen LogP contribution is 2.27. The number of non-ortho nitro benzene ring substituents is 1. The molecular formula is C15H19N5O4S. The van der Waals surface area contributed by atoms with E-state index in [0.29, 0.717) is 45.0 Å². The third-order valence-electron chi connectivity index (χ3n) is 4.61. The van der Waals surface area contributed by atoms with Gasteiger partial charge in [-0.3, -0.25) is 10.1 Å². The molecule has 9 nitrogen and oxygen atoms in total. The topological polar surface area (TPSA) is 111 Å². The van der Waals surface area contributed by atoms with Gasteiger partial charge in [0.2, 0.25) is 0 Å². The Hall–Kier alpha value is -2.22. The van der Waals surface area contributed by atoms with E-state index >= 15 is 0 Å². The SMILES string of the molecule is N#Cc1cc([N+](=O)[O-])ccc1N1CCN(S(=O)(=O)N2CCCC2)CC1. The quantitative estimate of drug-likeness (QED) is 0.580. The number of piperazine rings is 1. The molecule has 134 valence electrons. The zero-order valence-electron chi connectivity index (χ0n) is 13.7. The number of benzene rings is 1. The summed E-state index contributed by atoms with van der Waals surface area (Å²) >= 11 is 0. The summed E-state index contributed by atoms with van der Waals surface area (Å²) in [5.41, 5.74) is 0.701. The zero-order valence-corrected chi connectivity index (χ0v) is 14.5. The van der Waals surface area contributed by atoms with E-state index in [1.165, 1.54) is 20.7 Å². The first-order chi connectivity index (χ1) is 11.9. The molecule has 0 unspecified atom stereocenters. The normalized spacial score (nSPS) is 19.7. The summed E-state index contributed by atoms with van der Waals surface area (Å²) < 4.78 is 28.2. The van der Waals surface area contributed by atoms with Gasteiger partial charge in [-0.05, 0) is 18.9 Å². The highest BCUT2D eigenvalue weighted by atomic mass is 32.2. The number of nitrogens with zero attached hydrogens (tertiary/aromatic N) is 5. The molecule has 25 heavy (non-hydrogen) atoms. The van der Waals surface area contributed by atoms with Crippen molar-refractivity contribution >= 4 is 21.6 Å². The van der Waals surface area contributed by atoms with Crippen molar-refractivity contribution in [3.63, 3.8) is 0 Å². The van der Waals surface area contributed by atoms with Crippen molar-refractivity contribution in [2.24, 2.45) is 0 Å². The minimum Gasteiger partial charge on any atom is -0.368 e. The van der Waals surface area contributed by atoms with E-state index in [1.54, 1.807) is 6.07 Å². The maximum Gasteiger partial charge on any atom is 0.282 e. The van der Waals surface area contributed by atoms with Gasteiger partial charge in [0, 0.05) is 51.4 Å². The van der Waals surface area contributed by atoms with Gasteiger partial charge in [-0.2, -0.15) is 22.3 Å². The fourth-order valence-electron chi connectivity index (χ4n) is 3.24. The lowest BCUT2D eigenvalue weighted by atomic mass is 10.1. The lowest BCUT2D eigenvalue weighted by Crippen LogP contribution is -2.52. The monoisotopic (exact) mass is 365 g/mol. The fraction of sp³-hybridized carbons (Fsp3) is 0.533. The van der Waals surface area contributed by atoms with Gasteiger partial charge in [0.1, 0.15) is 6.07 Å². The Bertz CT molecular complexity index is 806. The molecular weight excluding hydrogens is 346 g/mol. The molecule has 0 aromatic heterocycles. The minimum atomic E-state index is -3.42. The molecule has 3 rings (SSSR count). The van der Waals surface area contributed by atoms with Crippen LogP contribution in [0.15, 0.2) is 18.2 Å². The molecule has 1 aromatic rings. The molecule has 2 aliphatic rings. The maximum absolute atomic E-state index is 12.6. The van der Waals surface area contributed by atoms with Gasteiger partial charge in [0.15, 0.2) is 0 Å². The van der Waals surface area contributed by atoms with E-state index in [1.807, 2.05) is 11.0 Å². The average molecular weight is 365 g/mol. The van der Waals surface area contributed by atoms with Gasteiger partial charge in [0.05, 0.1) is 16.2 Å². The molecule has 0 radical (unpaired) electrons. The Kier molecular flexibility index (Phi) is 4.89. The molecule has 0 saturated carbocycles. The van der Waals surface area contributed by atoms with Crippen molar-refractivity contribution in [3.8, 4) is 6.07 Å². The summed E-state index contributed by atoms with van der Waals surface area (Å²) in [6.45, 7) is 2.70. The van der Waals surface area contributed by atoms with Gasteiger partial charge < -0.3 is 4.90 Å². The number of rotatable bonds is 4. The van der Waals surface area contributed by atoms with E-state index in [9.17, 15) is 23.8 Å². The van der Waals surface area contributed by atoms with Crippen LogP contribution in [0.3, 0.4) is 0 Å². The zero-order chi connectivity index (χ0) is 18.0. The molecule has 0 N–H and O–H groups in total. The summed E-state index contributed by atoms with van der Waals surface area (Å²) in [6.07, 6.45) is 1.79. The van der Waals surface area contributed by atoms with Gasteiger partial charge in [-0.1, -0.05) is 0 Å². The molecule has 0 bridgehead atoms. The van der Waals surface area contributed by atoms with Crippen LogP contribution in [-0.2, 0) is 10.2 Å². The van der Waals surface area contributed by atoms with Crippen molar-refractivity contribution < 1.29 is 13.3 Å². The maximum atomic E-state index is 12.6. The third kappa shape index (κ3) is 3.44. The van der Waals surface area contributed by atoms with Crippen LogP contribution in [-0.4, -0.2) is 61.2 Å². The molecule has 1 aromatic carbocycles. The van der Waals surface area contributed by atoms with Gasteiger partial charge in [-0.25, -0.2) is 0 Å². The van der Waals surface area contributed by atoms with Crippen LogP contribution in [0.2, 0.25) is 0 Å². The molecule has 0 spiro atoms. The molecule has 2 heterocycles. The average Bonchev–Trinajstić information content (AvgIpc) is 3.16. The van der Waals surface area contributed by atoms with Crippen LogP contribution in [0.5, 0.6) is 0 Å². The molecule has 10 heteroatoms. The second kappa shape index (κ2) is 6.95. The summed E-state index contributed by atoms with van der Waals surface area (Å²) in [7, 11) is -3.42. The Morgan fingerprint density at radius 3 is 2.20 bits per heavy atom. The first kappa shape index (κ1) is 17.6. The predicted molar refractivity (Wildman–Crippen MR) is 91.3 cm³/mol. The van der Waals surface area contributed by atoms with Crippen LogP contribution < -0.4 is 4.90 Å². The largest absolute Gasteiger partial charge is 0.368 e. The molecule has 0 amide bonds. The fourth-order valence-corrected chi connectivity index (χ4v) is 4.92. The van der Waals surface area contributed by atoms with Crippen LogP contribution in [0.4, 0.5) is 11.4 Å². The molecule has 2 aliphatic heterocycles. The second-order valence-corrected chi connectivity index (χ2v) is 8.00. The highest BCUT2D eigenvalue weighted by molar-refractivity contribution is 7.86. The minimum absolute atomic E-state index is 0.129. The number of nitro groups is 1. The first-order valence-corrected chi connectivity index (χ1v) is 9.52. The summed E-state index contributed by atoms with van der Waals surface area (Å²) in [5.74, 6) is 0. The van der Waals surface area contributed by atoms with Crippen molar-refractivity contribution in [3.05, 3.63) is 33.9 Å². The highest BCUT2D eigenvalue weighted by Gasteiger charge is 2.34. The van der Waals surface area contributed by atoms with Crippen LogP contribution in [0.25, 0.3) is 0 Å². The van der Waals surface area contributed by atoms with Crippen LogP contribution in [0, 0.1) is 21.4 Å². The van der Waals surface area contributed by atoms with Crippen molar-refractivity contribution in [1.82, 2.24) is 8.61 Å². The van der Waals surface area contributed by atoms with E-state index < -0.39 is 15.1 Å². The van der Waals surface area contributed by atoms with Crippen molar-refractivity contribution in [2.75, 3.05) is 44.2 Å². The van der Waals surface area contributed by atoms with E-state index in [4.69, 9.17) is 0 Å². The Labute approximate surface area is 146 Å². The summed E-state index contributed by atoms with van der Waals surface area (Å²) in [6, 6.07) is 6.16. The lowest BCUT2D eigenvalue weighted by Gasteiger charge is -2.37. The number of nitro benzene ring substituents is 1. The van der Waals surface area contributed by atoms with E-state index in [2.05, 4.69) is 0 Å². The third-order valence-corrected chi connectivity index (χ3v) is 6.64. The number of anilines is 1. The van der Waals surface area contributed by atoms with Crippen LogP contribution >= 0.6 is 0 Å². The molecule has 2 saturated heterocycles. The van der Waals surface area contributed by atoms with Gasteiger partial charge >= 0.3 is 0 Å². The Morgan fingerprint density at radius 1 is 1.04 bits per heavy atom. The van der Waals surface area contributed by atoms with Crippen LogP contribution in [0.1, 0.15) is 18.4 Å². The lowest BCUT2D eigenvalue weighted by molar-refractivity contribution is -0.384. The van der Waals surface area contributed by atoms with Gasteiger partial charge in [-0.15, -0.1) is 0 Å². The molecule has 0 aliphatic carbocycles. The summed E-state index contributed by atoms with van der Waals surface area (Å²) in [5, 5.41) is 20.1.